The first-order valence-corrected chi connectivity index (χ1v) is 5.83. The Morgan fingerprint density at radius 1 is 1.28 bits per heavy atom. The standard InChI is InChI=1S/C12H24N2O4/c1-11(2,3)18-10(16)12(14,9(15)17-4)7-5-6-8-13/h5-8,13-14H2,1-4H3/t12-/m0/s1/i1D. The molecule has 4 N–H and O–H groups in total. The van der Waals surface area contributed by atoms with Crippen molar-refractivity contribution in [1.82, 2.24) is 0 Å². The van der Waals surface area contributed by atoms with Crippen LogP contribution in [0.5, 0.6) is 0 Å². The van der Waals surface area contributed by atoms with Crippen LogP contribution in [0.1, 0.15) is 41.4 Å². The zero-order valence-corrected chi connectivity index (χ0v) is 11.3. The molecule has 0 aromatic heterocycles. The molecule has 0 spiro atoms. The van der Waals surface area contributed by atoms with Crippen molar-refractivity contribution in [2.75, 3.05) is 13.7 Å². The van der Waals surface area contributed by atoms with Gasteiger partial charge in [0.1, 0.15) is 5.60 Å². The fourth-order valence-electron chi connectivity index (χ4n) is 1.36. The van der Waals surface area contributed by atoms with Crippen LogP contribution in [0.4, 0.5) is 0 Å². The van der Waals surface area contributed by atoms with Crippen molar-refractivity contribution >= 4 is 11.9 Å². The van der Waals surface area contributed by atoms with Crippen LogP contribution in [0.25, 0.3) is 0 Å². The summed E-state index contributed by atoms with van der Waals surface area (Å²) in [4.78, 5) is 23.8. The Morgan fingerprint density at radius 2 is 1.89 bits per heavy atom. The fraction of sp³-hybridized carbons (Fsp3) is 0.833. The predicted octanol–water partition coefficient (Wildman–Crippen LogP) is 0.328. The Hall–Kier alpha value is -1.14. The number of esters is 2. The minimum Gasteiger partial charge on any atom is -0.467 e. The van der Waals surface area contributed by atoms with Crippen molar-refractivity contribution in [3.05, 3.63) is 0 Å². The predicted molar refractivity (Wildman–Crippen MR) is 67.7 cm³/mol. The highest BCUT2D eigenvalue weighted by molar-refractivity contribution is 6.04. The summed E-state index contributed by atoms with van der Waals surface area (Å²) in [6, 6.07) is 0. The molecule has 0 bridgehead atoms. The van der Waals surface area contributed by atoms with Crippen molar-refractivity contribution in [3.63, 3.8) is 0 Å². The van der Waals surface area contributed by atoms with E-state index in [9.17, 15) is 9.59 Å². The molecule has 18 heavy (non-hydrogen) atoms. The van der Waals surface area contributed by atoms with Crippen LogP contribution in [0.3, 0.4) is 0 Å². The molecule has 106 valence electrons. The van der Waals surface area contributed by atoms with Crippen LogP contribution in [0, 0.1) is 0 Å². The molecule has 0 rings (SSSR count). The lowest BCUT2D eigenvalue weighted by atomic mass is 9.93. The maximum Gasteiger partial charge on any atom is 0.338 e. The van der Waals surface area contributed by atoms with Gasteiger partial charge in [-0.1, -0.05) is 0 Å². The summed E-state index contributed by atoms with van der Waals surface area (Å²) in [5.41, 5.74) is 8.38. The monoisotopic (exact) mass is 261 g/mol. The second-order valence-electron chi connectivity index (χ2n) is 4.86. The van der Waals surface area contributed by atoms with Crippen molar-refractivity contribution in [2.24, 2.45) is 11.5 Å². The molecule has 0 saturated heterocycles. The second-order valence-corrected chi connectivity index (χ2v) is 4.86. The zero-order chi connectivity index (χ0) is 15.1. The van der Waals surface area contributed by atoms with Crippen molar-refractivity contribution < 1.29 is 20.4 Å². The average Bonchev–Trinajstić information content (AvgIpc) is 2.37. The second kappa shape index (κ2) is 6.70. The Morgan fingerprint density at radius 3 is 2.33 bits per heavy atom. The van der Waals surface area contributed by atoms with Gasteiger partial charge in [0.05, 0.1) is 7.11 Å². The summed E-state index contributed by atoms with van der Waals surface area (Å²) in [6.45, 7) is 3.48. The summed E-state index contributed by atoms with van der Waals surface area (Å²) >= 11 is 0. The lowest BCUT2D eigenvalue weighted by Gasteiger charge is -2.29. The molecule has 0 saturated carbocycles. The first-order chi connectivity index (χ1) is 8.73. The smallest absolute Gasteiger partial charge is 0.338 e. The van der Waals surface area contributed by atoms with E-state index < -0.39 is 23.1 Å². The Kier molecular flexibility index (Phi) is 5.55. The number of carbonyl (C=O) groups is 2. The molecule has 0 aliphatic heterocycles. The highest BCUT2D eigenvalue weighted by Crippen LogP contribution is 2.19. The first-order valence-electron chi connectivity index (χ1n) is 6.54. The Bertz CT molecular complexity index is 323. The van der Waals surface area contributed by atoms with Gasteiger partial charge in [0.15, 0.2) is 0 Å². The van der Waals surface area contributed by atoms with Crippen LogP contribution in [-0.4, -0.2) is 36.7 Å². The number of hydrogen-bond donors (Lipinski definition) is 2. The summed E-state index contributed by atoms with van der Waals surface area (Å²) in [7, 11) is 1.16. The number of rotatable bonds is 6. The van der Waals surface area contributed by atoms with Gasteiger partial charge in [-0.15, -0.1) is 0 Å². The number of methoxy groups -OCH3 is 1. The van der Waals surface area contributed by atoms with Gasteiger partial charge in [0, 0.05) is 1.37 Å². The van der Waals surface area contributed by atoms with Crippen molar-refractivity contribution in [1.29, 1.82) is 0 Å². The third kappa shape index (κ3) is 5.01. The Balaban J connectivity index is 4.92. The van der Waals surface area contributed by atoms with Crippen LogP contribution in [0.15, 0.2) is 0 Å². The molecule has 0 aliphatic carbocycles. The first kappa shape index (κ1) is 14.9. The van der Waals surface area contributed by atoms with E-state index in [0.29, 0.717) is 19.4 Å². The summed E-state index contributed by atoms with van der Waals surface area (Å²) in [5, 5.41) is 0. The minimum absolute atomic E-state index is 0.101. The topological polar surface area (TPSA) is 105 Å². The maximum atomic E-state index is 12.1. The van der Waals surface area contributed by atoms with Crippen molar-refractivity contribution in [3.8, 4) is 0 Å². The number of nitrogens with two attached hydrogens (primary N) is 2. The number of ether oxygens (including phenoxy) is 2. The molecule has 0 aromatic rings. The van der Waals surface area contributed by atoms with Gasteiger partial charge in [-0.25, -0.2) is 9.59 Å². The van der Waals surface area contributed by atoms with E-state index in [1.54, 1.807) is 13.8 Å². The SMILES string of the molecule is [2H]CC(C)(C)OC(=O)[C@](N)(CCCCN)C(=O)OC. The van der Waals surface area contributed by atoms with Crippen LogP contribution in [0.2, 0.25) is 0 Å². The molecule has 0 aromatic carbocycles. The van der Waals surface area contributed by atoms with E-state index in [-0.39, 0.29) is 13.3 Å². The van der Waals surface area contributed by atoms with Crippen LogP contribution < -0.4 is 11.5 Å². The quantitative estimate of drug-likeness (QED) is 0.405. The maximum absolute atomic E-state index is 12.1. The van der Waals surface area contributed by atoms with E-state index >= 15 is 0 Å². The number of carbonyl (C=O) groups excluding carboxylic acids is 2. The summed E-state index contributed by atoms with van der Waals surface area (Å²) in [5.74, 6) is -1.70. The zero-order valence-electron chi connectivity index (χ0n) is 12.3. The molecule has 6 heteroatoms. The van der Waals surface area contributed by atoms with Gasteiger partial charge in [0.2, 0.25) is 5.54 Å². The summed E-state index contributed by atoms with van der Waals surface area (Å²) < 4.78 is 17.0. The van der Waals surface area contributed by atoms with Gasteiger partial charge >= 0.3 is 11.9 Å². The molecular formula is C12H24N2O4. The molecule has 0 heterocycles. The van der Waals surface area contributed by atoms with E-state index in [0.717, 1.165) is 7.11 Å². The van der Waals surface area contributed by atoms with Crippen LogP contribution >= 0.6 is 0 Å². The normalized spacial score (nSPS) is 15.5. The van der Waals surface area contributed by atoms with E-state index in [4.69, 9.17) is 17.6 Å². The number of hydrogen-bond acceptors (Lipinski definition) is 6. The van der Waals surface area contributed by atoms with Gasteiger partial charge < -0.3 is 20.9 Å². The van der Waals surface area contributed by atoms with Gasteiger partial charge in [0.25, 0.3) is 0 Å². The molecule has 0 fully saturated rings. The van der Waals surface area contributed by atoms with E-state index in [2.05, 4.69) is 4.74 Å². The molecule has 0 amide bonds. The lowest BCUT2D eigenvalue weighted by Crippen LogP contribution is -2.57. The fourth-order valence-corrected chi connectivity index (χ4v) is 1.36. The summed E-state index contributed by atoms with van der Waals surface area (Å²) in [6.07, 6.45) is 1.26. The van der Waals surface area contributed by atoms with Crippen LogP contribution in [-0.2, 0) is 19.1 Å². The minimum atomic E-state index is -1.84. The molecule has 1 atom stereocenters. The third-order valence-electron chi connectivity index (χ3n) is 2.31. The lowest BCUT2D eigenvalue weighted by molar-refractivity contribution is -0.170. The number of unbranched alkanes of at least 4 members (excludes halogenated alkanes) is 1. The highest BCUT2D eigenvalue weighted by atomic mass is 16.6. The van der Waals surface area contributed by atoms with Gasteiger partial charge in [-0.05, 0) is 46.6 Å². The highest BCUT2D eigenvalue weighted by Gasteiger charge is 2.45. The molecule has 6 nitrogen and oxygen atoms in total. The van der Waals surface area contributed by atoms with E-state index in [1.807, 2.05) is 0 Å². The Labute approximate surface area is 109 Å². The molecule has 0 unspecified atom stereocenters. The van der Waals surface area contributed by atoms with Gasteiger partial charge in [-0.3, -0.25) is 0 Å². The molecule has 0 aliphatic rings. The molecular weight excluding hydrogens is 236 g/mol. The average molecular weight is 261 g/mol. The van der Waals surface area contributed by atoms with E-state index in [1.165, 1.54) is 0 Å². The van der Waals surface area contributed by atoms with Crippen molar-refractivity contribution in [2.45, 2.75) is 51.1 Å². The van der Waals surface area contributed by atoms with Gasteiger partial charge in [-0.2, -0.15) is 0 Å². The largest absolute Gasteiger partial charge is 0.467 e. The third-order valence-corrected chi connectivity index (χ3v) is 2.31. The molecule has 0 radical (unpaired) electrons.